The van der Waals surface area contributed by atoms with Crippen molar-refractivity contribution >= 4 is 29.2 Å². The minimum atomic E-state index is -0.705. The first-order valence-electron chi connectivity index (χ1n) is 11.8. The van der Waals surface area contributed by atoms with Crippen molar-refractivity contribution in [2.45, 2.75) is 12.5 Å². The molecule has 0 aromatic heterocycles. The molecule has 2 heterocycles. The lowest BCUT2D eigenvalue weighted by atomic mass is 9.98. The SMILES string of the molecule is C=C1c2ccccc2C(=O)N1CC(=O)OCC(=O)N1N=C(c2ccccc2)C[C@@H]1c1ccc(OC)cc1. The van der Waals surface area contributed by atoms with E-state index in [1.165, 1.54) is 9.91 Å². The first kappa shape index (κ1) is 24.0. The van der Waals surface area contributed by atoms with Crippen LogP contribution in [0.25, 0.3) is 5.70 Å². The summed E-state index contributed by atoms with van der Waals surface area (Å²) < 4.78 is 10.5. The van der Waals surface area contributed by atoms with E-state index in [2.05, 4.69) is 11.7 Å². The summed E-state index contributed by atoms with van der Waals surface area (Å²) in [5.41, 5.74) is 4.15. The summed E-state index contributed by atoms with van der Waals surface area (Å²) in [6, 6.07) is 23.7. The molecule has 8 heteroatoms. The number of hydrazone groups is 1. The first-order valence-corrected chi connectivity index (χ1v) is 11.8. The second-order valence-corrected chi connectivity index (χ2v) is 8.69. The zero-order chi connectivity index (χ0) is 25.9. The highest BCUT2D eigenvalue weighted by Gasteiger charge is 2.35. The van der Waals surface area contributed by atoms with Crippen LogP contribution in [0.4, 0.5) is 0 Å². The molecule has 1 atom stereocenters. The maximum absolute atomic E-state index is 13.2. The molecule has 2 amide bonds. The molecule has 0 unspecified atom stereocenters. The Bertz CT molecular complexity index is 1360. The Balaban J connectivity index is 1.28. The molecule has 0 aliphatic carbocycles. The van der Waals surface area contributed by atoms with Crippen molar-refractivity contribution in [2.24, 2.45) is 5.10 Å². The molecule has 3 aromatic rings. The fourth-order valence-corrected chi connectivity index (χ4v) is 4.52. The van der Waals surface area contributed by atoms with Gasteiger partial charge in [0.15, 0.2) is 6.61 Å². The number of amides is 2. The van der Waals surface area contributed by atoms with Crippen LogP contribution in [0.3, 0.4) is 0 Å². The summed E-state index contributed by atoms with van der Waals surface area (Å²) in [7, 11) is 1.59. The molecule has 0 spiro atoms. The third-order valence-electron chi connectivity index (χ3n) is 6.46. The normalized spacial score (nSPS) is 16.5. The van der Waals surface area contributed by atoms with Crippen molar-refractivity contribution in [3.63, 3.8) is 0 Å². The lowest BCUT2D eigenvalue weighted by Gasteiger charge is -2.22. The molecule has 37 heavy (non-hydrogen) atoms. The minimum Gasteiger partial charge on any atom is -0.497 e. The number of ether oxygens (including phenoxy) is 2. The molecule has 0 saturated heterocycles. The number of hydrogen-bond acceptors (Lipinski definition) is 6. The number of benzene rings is 3. The molecule has 186 valence electrons. The van der Waals surface area contributed by atoms with Gasteiger partial charge in [-0.15, -0.1) is 0 Å². The molecule has 8 nitrogen and oxygen atoms in total. The van der Waals surface area contributed by atoms with Crippen molar-refractivity contribution < 1.29 is 23.9 Å². The van der Waals surface area contributed by atoms with Crippen LogP contribution in [0.5, 0.6) is 5.75 Å². The Morgan fingerprint density at radius 3 is 2.32 bits per heavy atom. The van der Waals surface area contributed by atoms with E-state index in [0.29, 0.717) is 29.0 Å². The van der Waals surface area contributed by atoms with Gasteiger partial charge in [0.05, 0.1) is 18.9 Å². The van der Waals surface area contributed by atoms with Crippen molar-refractivity contribution in [3.8, 4) is 5.75 Å². The van der Waals surface area contributed by atoms with Crippen molar-refractivity contribution in [1.82, 2.24) is 9.91 Å². The quantitative estimate of drug-likeness (QED) is 0.462. The van der Waals surface area contributed by atoms with Crippen LogP contribution in [0, 0.1) is 0 Å². The maximum Gasteiger partial charge on any atom is 0.326 e. The number of esters is 1. The van der Waals surface area contributed by atoms with E-state index < -0.39 is 18.5 Å². The van der Waals surface area contributed by atoms with Crippen LogP contribution in [-0.2, 0) is 14.3 Å². The first-order chi connectivity index (χ1) is 18.0. The van der Waals surface area contributed by atoms with E-state index in [4.69, 9.17) is 9.47 Å². The molecule has 0 bridgehead atoms. The van der Waals surface area contributed by atoms with Crippen LogP contribution in [0.1, 0.15) is 39.5 Å². The van der Waals surface area contributed by atoms with E-state index in [0.717, 1.165) is 16.8 Å². The largest absolute Gasteiger partial charge is 0.497 e. The summed E-state index contributed by atoms with van der Waals surface area (Å²) in [6.07, 6.45) is 0.510. The van der Waals surface area contributed by atoms with Crippen LogP contribution < -0.4 is 4.74 Å². The summed E-state index contributed by atoms with van der Waals surface area (Å²) in [6.45, 7) is 3.09. The van der Waals surface area contributed by atoms with E-state index in [1.807, 2.05) is 54.6 Å². The molecule has 0 saturated carbocycles. The van der Waals surface area contributed by atoms with E-state index >= 15 is 0 Å². The fourth-order valence-electron chi connectivity index (χ4n) is 4.52. The van der Waals surface area contributed by atoms with Crippen molar-refractivity contribution in [2.75, 3.05) is 20.3 Å². The van der Waals surface area contributed by atoms with Gasteiger partial charge < -0.3 is 9.47 Å². The van der Waals surface area contributed by atoms with Crippen molar-refractivity contribution in [3.05, 3.63) is 108 Å². The topological polar surface area (TPSA) is 88.5 Å². The third kappa shape index (κ3) is 4.73. The second-order valence-electron chi connectivity index (χ2n) is 8.69. The Morgan fingerprint density at radius 2 is 1.65 bits per heavy atom. The number of hydrogen-bond donors (Lipinski definition) is 0. The summed E-state index contributed by atoms with van der Waals surface area (Å²) in [5, 5.41) is 5.96. The fraction of sp³-hybridized carbons (Fsp3) is 0.172. The highest BCUT2D eigenvalue weighted by molar-refractivity contribution is 6.10. The molecular formula is C29H25N3O5. The molecule has 5 rings (SSSR count). The summed E-state index contributed by atoms with van der Waals surface area (Å²) in [5.74, 6) is -0.781. The molecule has 2 aliphatic heterocycles. The maximum atomic E-state index is 13.2. The lowest BCUT2D eigenvalue weighted by molar-refractivity contribution is -0.152. The highest BCUT2D eigenvalue weighted by atomic mass is 16.5. The Labute approximate surface area is 214 Å². The number of fused-ring (bicyclic) bond motifs is 1. The number of rotatable bonds is 7. The zero-order valence-corrected chi connectivity index (χ0v) is 20.3. The van der Waals surface area contributed by atoms with Gasteiger partial charge in [0.2, 0.25) is 0 Å². The molecular weight excluding hydrogens is 470 g/mol. The van der Waals surface area contributed by atoms with Gasteiger partial charge in [0.1, 0.15) is 12.3 Å². The zero-order valence-electron chi connectivity index (χ0n) is 20.3. The smallest absolute Gasteiger partial charge is 0.326 e. The standard InChI is InChI=1S/C29H25N3O5/c1-19-23-10-6-7-11-24(23)29(35)31(19)17-28(34)37-18-27(33)32-26(21-12-14-22(36-2)15-13-21)16-25(30-32)20-8-4-3-5-9-20/h3-15,26H,1,16-18H2,2H3/t26-/m1/s1. The summed E-state index contributed by atoms with van der Waals surface area (Å²) in [4.78, 5) is 39.7. The van der Waals surface area contributed by atoms with Gasteiger partial charge in [-0.1, -0.05) is 67.2 Å². The van der Waals surface area contributed by atoms with E-state index in [-0.39, 0.29) is 18.5 Å². The molecule has 3 aromatic carbocycles. The number of carbonyl (C=O) groups is 3. The van der Waals surface area contributed by atoms with E-state index in [9.17, 15) is 14.4 Å². The van der Waals surface area contributed by atoms with Gasteiger partial charge in [-0.3, -0.25) is 19.3 Å². The van der Waals surface area contributed by atoms with Gasteiger partial charge in [0, 0.05) is 23.2 Å². The van der Waals surface area contributed by atoms with Crippen LogP contribution >= 0.6 is 0 Å². The van der Waals surface area contributed by atoms with Gasteiger partial charge in [0.25, 0.3) is 11.8 Å². The van der Waals surface area contributed by atoms with Gasteiger partial charge in [-0.25, -0.2) is 5.01 Å². The van der Waals surface area contributed by atoms with Gasteiger partial charge in [-0.05, 0) is 29.3 Å². The molecule has 0 radical (unpaired) electrons. The number of carbonyl (C=O) groups excluding carboxylic acids is 3. The molecule has 0 N–H and O–H groups in total. The predicted octanol–water partition coefficient (Wildman–Crippen LogP) is 4.04. The van der Waals surface area contributed by atoms with Crippen LogP contribution in [0.2, 0.25) is 0 Å². The average Bonchev–Trinajstić information content (AvgIpc) is 3.49. The van der Waals surface area contributed by atoms with Crippen LogP contribution in [0.15, 0.2) is 90.5 Å². The molecule has 2 aliphatic rings. The average molecular weight is 496 g/mol. The lowest BCUT2D eigenvalue weighted by Crippen LogP contribution is -2.34. The second kappa shape index (κ2) is 10.1. The van der Waals surface area contributed by atoms with E-state index in [1.54, 1.807) is 31.4 Å². The van der Waals surface area contributed by atoms with Gasteiger partial charge in [-0.2, -0.15) is 5.10 Å². The van der Waals surface area contributed by atoms with Crippen LogP contribution in [-0.4, -0.2) is 53.7 Å². The highest BCUT2D eigenvalue weighted by Crippen LogP contribution is 2.34. The Hall–Kier alpha value is -4.72. The minimum absolute atomic E-state index is 0.319. The number of methoxy groups -OCH3 is 1. The van der Waals surface area contributed by atoms with Crippen molar-refractivity contribution in [1.29, 1.82) is 0 Å². The number of nitrogens with zero attached hydrogens (tertiary/aromatic N) is 3. The summed E-state index contributed by atoms with van der Waals surface area (Å²) >= 11 is 0. The molecule has 0 fully saturated rings. The third-order valence-corrected chi connectivity index (χ3v) is 6.46. The Kier molecular flexibility index (Phi) is 6.55. The van der Waals surface area contributed by atoms with Gasteiger partial charge >= 0.3 is 5.97 Å². The Morgan fingerprint density at radius 1 is 0.973 bits per heavy atom. The predicted molar refractivity (Wildman–Crippen MR) is 138 cm³/mol. The monoisotopic (exact) mass is 495 g/mol.